The first-order chi connectivity index (χ1) is 25.6. The molecule has 0 unspecified atom stereocenters. The fourth-order valence-corrected chi connectivity index (χ4v) is 4.65. The first-order valence-corrected chi connectivity index (χ1v) is 16.6. The van der Waals surface area contributed by atoms with Gasteiger partial charge in [0.1, 0.15) is 41.1 Å². The molecule has 0 amide bonds. The molecule has 5 rings (SSSR count). The molecular weight excluding hydrogens is 676 g/mol. The van der Waals surface area contributed by atoms with E-state index < -0.39 is 23.9 Å². The zero-order valence-corrected chi connectivity index (χ0v) is 29.3. The smallest absolute Gasteiger partial charge is 0.343 e. The average Bonchev–Trinajstić information content (AvgIpc) is 3.19. The lowest BCUT2D eigenvalue weighted by molar-refractivity contribution is -0.129. The molecular formula is C43H38O10. The van der Waals surface area contributed by atoms with Crippen molar-refractivity contribution in [3.8, 4) is 34.5 Å². The lowest BCUT2D eigenvalue weighted by atomic mass is 10.1. The van der Waals surface area contributed by atoms with Gasteiger partial charge < -0.3 is 28.8 Å². The lowest BCUT2D eigenvalue weighted by Crippen LogP contribution is -2.09. The number of aromatic hydroxyl groups is 1. The van der Waals surface area contributed by atoms with E-state index in [0.29, 0.717) is 52.7 Å². The number of carbonyl (C=O) groups excluding carboxylic acids is 4. The van der Waals surface area contributed by atoms with E-state index in [1.165, 1.54) is 60.7 Å². The lowest BCUT2D eigenvalue weighted by Gasteiger charge is -2.12. The number of hydrogen-bond donors (Lipinski definition) is 1. The zero-order chi connectivity index (χ0) is 38.2. The van der Waals surface area contributed by atoms with Crippen LogP contribution in [-0.2, 0) is 29.0 Å². The molecule has 0 aromatic heterocycles. The summed E-state index contributed by atoms with van der Waals surface area (Å²) in [5.41, 5.74) is 3.38. The van der Waals surface area contributed by atoms with Crippen molar-refractivity contribution >= 4 is 23.9 Å². The summed E-state index contributed by atoms with van der Waals surface area (Å²) in [4.78, 5) is 46.8. The van der Waals surface area contributed by atoms with Crippen LogP contribution in [0.3, 0.4) is 0 Å². The Morgan fingerprint density at radius 3 is 1.49 bits per heavy atom. The van der Waals surface area contributed by atoms with Gasteiger partial charge in [-0.25, -0.2) is 19.2 Å². The summed E-state index contributed by atoms with van der Waals surface area (Å²) in [7, 11) is 0. The van der Waals surface area contributed by atoms with Crippen molar-refractivity contribution in [2.24, 2.45) is 0 Å². The maximum atomic E-state index is 12.4. The Balaban J connectivity index is 0.000000245. The van der Waals surface area contributed by atoms with Gasteiger partial charge in [-0.2, -0.15) is 0 Å². The number of benzene rings is 5. The van der Waals surface area contributed by atoms with Crippen LogP contribution < -0.4 is 23.7 Å². The molecule has 0 spiro atoms. The summed E-state index contributed by atoms with van der Waals surface area (Å²) in [6, 6.07) is 31.9. The van der Waals surface area contributed by atoms with Crippen molar-refractivity contribution in [2.75, 3.05) is 0 Å². The standard InChI is InChI=1S/C25H22O5.C18H16O5/c1-3-19-16-22(14-15-23(19)28-17-18-8-6-5-7-9-18)30-25(27)20-10-12-21(13-11-20)29-24(26)4-2;1-3-12-11-15(9-10-16(12)19)23-18(21)13-5-7-14(8-6-13)22-17(20)4-2/h4-16H,2-3,17H2,1H3;4-11,19H,2-3H2,1H3. The van der Waals surface area contributed by atoms with Crippen molar-refractivity contribution in [3.63, 3.8) is 0 Å². The van der Waals surface area contributed by atoms with Crippen LogP contribution in [0.4, 0.5) is 0 Å². The van der Waals surface area contributed by atoms with Crippen molar-refractivity contribution in [1.29, 1.82) is 0 Å². The number of rotatable bonds is 13. The number of esters is 4. The van der Waals surface area contributed by atoms with Crippen LogP contribution >= 0.6 is 0 Å². The number of phenolic OH excluding ortho intramolecular Hbond substituents is 1. The van der Waals surface area contributed by atoms with Crippen LogP contribution in [0.1, 0.15) is 51.3 Å². The third-order valence-corrected chi connectivity index (χ3v) is 7.45. The maximum absolute atomic E-state index is 12.4. The van der Waals surface area contributed by atoms with Crippen molar-refractivity contribution in [3.05, 3.63) is 168 Å². The predicted molar refractivity (Wildman–Crippen MR) is 199 cm³/mol. The second kappa shape index (κ2) is 19.5. The number of hydrogen-bond acceptors (Lipinski definition) is 10. The normalized spacial score (nSPS) is 10.1. The van der Waals surface area contributed by atoms with Crippen molar-refractivity contribution in [2.45, 2.75) is 33.3 Å². The zero-order valence-electron chi connectivity index (χ0n) is 29.3. The number of phenols is 1. The van der Waals surface area contributed by atoms with Gasteiger partial charge in [-0.15, -0.1) is 0 Å². The monoisotopic (exact) mass is 714 g/mol. The summed E-state index contributed by atoms with van der Waals surface area (Å²) >= 11 is 0. The van der Waals surface area contributed by atoms with Gasteiger partial charge in [0.25, 0.3) is 0 Å². The Kier molecular flexibility index (Phi) is 14.3. The molecule has 0 saturated heterocycles. The summed E-state index contributed by atoms with van der Waals surface area (Å²) in [5, 5.41) is 9.62. The summed E-state index contributed by atoms with van der Waals surface area (Å²) in [5.74, 6) is 0.168. The van der Waals surface area contributed by atoms with E-state index in [4.69, 9.17) is 23.7 Å². The fourth-order valence-electron chi connectivity index (χ4n) is 4.65. The van der Waals surface area contributed by atoms with E-state index in [2.05, 4.69) is 13.2 Å². The van der Waals surface area contributed by atoms with Gasteiger partial charge in [0.15, 0.2) is 0 Å². The number of aryl methyl sites for hydroxylation is 2. The molecule has 0 fully saturated rings. The van der Waals surface area contributed by atoms with Crippen LogP contribution in [0.2, 0.25) is 0 Å². The highest BCUT2D eigenvalue weighted by molar-refractivity contribution is 5.92. The average molecular weight is 715 g/mol. The first-order valence-electron chi connectivity index (χ1n) is 16.6. The van der Waals surface area contributed by atoms with Crippen LogP contribution in [0.5, 0.6) is 34.5 Å². The molecule has 270 valence electrons. The number of ether oxygens (including phenoxy) is 5. The van der Waals surface area contributed by atoms with Gasteiger partial charge in [0, 0.05) is 12.2 Å². The second-order valence-corrected chi connectivity index (χ2v) is 11.1. The van der Waals surface area contributed by atoms with Crippen LogP contribution in [0.15, 0.2) is 141 Å². The minimum Gasteiger partial charge on any atom is -0.508 e. The highest BCUT2D eigenvalue weighted by atomic mass is 16.5. The van der Waals surface area contributed by atoms with Gasteiger partial charge in [0.05, 0.1) is 11.1 Å². The minimum atomic E-state index is -0.573. The highest BCUT2D eigenvalue weighted by Crippen LogP contribution is 2.27. The van der Waals surface area contributed by atoms with E-state index in [-0.39, 0.29) is 5.75 Å². The molecule has 1 N–H and O–H groups in total. The van der Waals surface area contributed by atoms with Crippen LogP contribution in [0, 0.1) is 0 Å². The molecule has 5 aromatic carbocycles. The highest BCUT2D eigenvalue weighted by Gasteiger charge is 2.13. The molecule has 10 heteroatoms. The van der Waals surface area contributed by atoms with Crippen LogP contribution in [0.25, 0.3) is 0 Å². The molecule has 0 aliphatic rings. The fraction of sp³-hybridized carbons (Fsp3) is 0.116. The Bertz CT molecular complexity index is 2050. The first kappa shape index (κ1) is 38.9. The van der Waals surface area contributed by atoms with Gasteiger partial charge >= 0.3 is 23.9 Å². The summed E-state index contributed by atoms with van der Waals surface area (Å²) < 4.78 is 26.6. The molecule has 10 nitrogen and oxygen atoms in total. The summed E-state index contributed by atoms with van der Waals surface area (Å²) in [6.07, 6.45) is 3.48. The molecule has 5 aromatic rings. The van der Waals surface area contributed by atoms with E-state index in [1.807, 2.05) is 50.2 Å². The summed E-state index contributed by atoms with van der Waals surface area (Å²) in [6.45, 7) is 11.0. The topological polar surface area (TPSA) is 135 Å². The maximum Gasteiger partial charge on any atom is 0.343 e. The molecule has 53 heavy (non-hydrogen) atoms. The molecule has 0 aliphatic carbocycles. The molecule has 0 atom stereocenters. The predicted octanol–water partition coefficient (Wildman–Crippen LogP) is 8.40. The van der Waals surface area contributed by atoms with E-state index in [1.54, 1.807) is 18.2 Å². The Morgan fingerprint density at radius 1 is 0.566 bits per heavy atom. The Morgan fingerprint density at radius 2 is 1.02 bits per heavy atom. The molecule has 0 radical (unpaired) electrons. The minimum absolute atomic E-state index is 0.167. The SMILES string of the molecule is C=CC(=O)Oc1ccc(C(=O)Oc2ccc(O)c(CC)c2)cc1.C=CC(=O)Oc1ccc(C(=O)Oc2ccc(OCc3ccccc3)c(CC)c2)cc1. The van der Waals surface area contributed by atoms with Gasteiger partial charge in [-0.1, -0.05) is 57.3 Å². The van der Waals surface area contributed by atoms with Gasteiger partial charge in [-0.05, 0) is 114 Å². The molecule has 0 aliphatic heterocycles. The molecule has 0 bridgehead atoms. The van der Waals surface area contributed by atoms with Crippen LogP contribution in [-0.4, -0.2) is 29.0 Å². The van der Waals surface area contributed by atoms with Gasteiger partial charge in [0.2, 0.25) is 0 Å². The van der Waals surface area contributed by atoms with E-state index in [0.717, 1.165) is 35.4 Å². The Labute approximate surface area is 307 Å². The molecule has 0 heterocycles. The quantitative estimate of drug-likeness (QED) is 0.0720. The van der Waals surface area contributed by atoms with Crippen molar-refractivity contribution in [1.82, 2.24) is 0 Å². The Hall–Kier alpha value is -6.94. The van der Waals surface area contributed by atoms with Crippen molar-refractivity contribution < 1.29 is 48.0 Å². The molecule has 0 saturated carbocycles. The number of carbonyl (C=O) groups is 4. The largest absolute Gasteiger partial charge is 0.508 e. The van der Waals surface area contributed by atoms with Gasteiger partial charge in [-0.3, -0.25) is 0 Å². The van der Waals surface area contributed by atoms with E-state index in [9.17, 15) is 24.3 Å². The third kappa shape index (κ3) is 11.8. The third-order valence-electron chi connectivity index (χ3n) is 7.45. The van der Waals surface area contributed by atoms with E-state index >= 15 is 0 Å². The second-order valence-electron chi connectivity index (χ2n) is 11.1.